The monoisotopic (exact) mass is 572 g/mol. The molecular weight excluding hydrogens is 540 g/mol. The van der Waals surface area contributed by atoms with Gasteiger partial charge in [-0.25, -0.2) is 0 Å². The molecule has 7 nitrogen and oxygen atoms in total. The summed E-state index contributed by atoms with van der Waals surface area (Å²) < 4.78 is 17.1. The lowest BCUT2D eigenvalue weighted by molar-refractivity contribution is 0.0371. The molecule has 0 radical (unpaired) electrons. The molecule has 0 saturated carbocycles. The Morgan fingerprint density at radius 2 is 1.21 bits per heavy atom. The first kappa shape index (κ1) is 28.2. The highest BCUT2D eigenvalue weighted by Gasteiger charge is 2.16. The van der Waals surface area contributed by atoms with Crippen molar-refractivity contribution in [1.29, 1.82) is 0 Å². The molecule has 0 aliphatic rings. The lowest BCUT2D eigenvalue weighted by Crippen LogP contribution is -2.27. The summed E-state index contributed by atoms with van der Waals surface area (Å²) in [5.74, 6) is 0.259. The third-order valence-electron chi connectivity index (χ3n) is 7.33. The van der Waals surface area contributed by atoms with E-state index in [-0.39, 0.29) is 11.8 Å². The van der Waals surface area contributed by atoms with E-state index in [1.807, 2.05) is 60.7 Å². The largest absolute Gasteiger partial charge is 0.489 e. The Kier molecular flexibility index (Phi) is 8.73. The van der Waals surface area contributed by atoms with Crippen LogP contribution in [0.5, 0.6) is 5.75 Å². The predicted molar refractivity (Wildman–Crippen MR) is 170 cm³/mol. The first-order valence-corrected chi connectivity index (χ1v) is 14.4. The summed E-state index contributed by atoms with van der Waals surface area (Å²) in [4.78, 5) is 25.5. The van der Waals surface area contributed by atoms with E-state index in [4.69, 9.17) is 14.2 Å². The van der Waals surface area contributed by atoms with Crippen LogP contribution in [0.3, 0.4) is 0 Å². The molecule has 0 atom stereocenters. The van der Waals surface area contributed by atoms with Crippen molar-refractivity contribution in [3.63, 3.8) is 0 Å². The van der Waals surface area contributed by atoms with Crippen LogP contribution in [0.15, 0.2) is 109 Å². The fraction of sp³-hybridized carbons (Fsp3) is 0.167. The van der Waals surface area contributed by atoms with Gasteiger partial charge in [0, 0.05) is 17.7 Å². The second kappa shape index (κ2) is 13.3. The zero-order chi connectivity index (χ0) is 29.4. The van der Waals surface area contributed by atoms with E-state index in [9.17, 15) is 9.59 Å². The highest BCUT2D eigenvalue weighted by atomic mass is 16.5. The van der Waals surface area contributed by atoms with Gasteiger partial charge >= 0.3 is 0 Å². The third-order valence-corrected chi connectivity index (χ3v) is 7.33. The molecule has 43 heavy (non-hydrogen) atoms. The van der Waals surface area contributed by atoms with Gasteiger partial charge in [-0.2, -0.15) is 0 Å². The number of rotatable bonds is 13. The average Bonchev–Trinajstić information content (AvgIpc) is 3.05. The van der Waals surface area contributed by atoms with Gasteiger partial charge in [0.1, 0.15) is 12.4 Å². The van der Waals surface area contributed by atoms with Crippen LogP contribution in [0.2, 0.25) is 0 Å². The minimum Gasteiger partial charge on any atom is -0.489 e. The summed E-state index contributed by atoms with van der Waals surface area (Å²) in [6.07, 6.45) is 0. The van der Waals surface area contributed by atoms with E-state index < -0.39 is 0 Å². The second-order valence-corrected chi connectivity index (χ2v) is 10.1. The lowest BCUT2D eigenvalue weighted by Gasteiger charge is -2.15. The van der Waals surface area contributed by atoms with E-state index >= 15 is 0 Å². The Balaban J connectivity index is 0.978. The molecule has 0 unspecified atom stereocenters. The number of nitrogens with one attached hydrogen (secondary N) is 2. The molecule has 6 aromatic rings. The summed E-state index contributed by atoms with van der Waals surface area (Å²) in [5.41, 5.74) is 1.84. The van der Waals surface area contributed by atoms with Crippen LogP contribution in [0.25, 0.3) is 32.3 Å². The van der Waals surface area contributed by atoms with Crippen molar-refractivity contribution in [2.45, 2.75) is 0 Å². The summed E-state index contributed by atoms with van der Waals surface area (Å²) >= 11 is 0. The number of hydrogen-bond donors (Lipinski definition) is 2. The normalized spacial score (nSPS) is 11.3. The van der Waals surface area contributed by atoms with Gasteiger partial charge in [-0.15, -0.1) is 0 Å². The van der Waals surface area contributed by atoms with E-state index in [1.54, 1.807) is 12.1 Å². The van der Waals surface area contributed by atoms with E-state index in [0.29, 0.717) is 62.1 Å². The molecule has 2 amide bonds. The molecule has 216 valence electrons. The van der Waals surface area contributed by atoms with Crippen molar-refractivity contribution in [1.82, 2.24) is 5.32 Å². The van der Waals surface area contributed by atoms with Crippen molar-refractivity contribution in [3.05, 3.63) is 120 Å². The molecule has 0 aromatic heterocycles. The Morgan fingerprint density at radius 1 is 0.558 bits per heavy atom. The summed E-state index contributed by atoms with van der Waals surface area (Å²) in [6, 6.07) is 35.0. The van der Waals surface area contributed by atoms with E-state index in [0.717, 1.165) is 26.9 Å². The molecule has 0 fully saturated rings. The van der Waals surface area contributed by atoms with Crippen molar-refractivity contribution in [3.8, 4) is 5.75 Å². The number of carbonyl (C=O) groups excluding carboxylic acids is 2. The van der Waals surface area contributed by atoms with Crippen LogP contribution in [0.4, 0.5) is 5.69 Å². The van der Waals surface area contributed by atoms with Crippen molar-refractivity contribution < 1.29 is 23.8 Å². The predicted octanol–water partition coefficient (Wildman–Crippen LogP) is 6.68. The maximum atomic E-state index is 13.5. The fourth-order valence-electron chi connectivity index (χ4n) is 5.28. The van der Waals surface area contributed by atoms with E-state index in [1.165, 1.54) is 5.39 Å². The smallest absolute Gasteiger partial charge is 0.256 e. The highest BCUT2D eigenvalue weighted by molar-refractivity contribution is 6.27. The number of benzene rings is 6. The Labute approximate surface area is 249 Å². The number of hydrogen-bond acceptors (Lipinski definition) is 5. The number of ether oxygens (including phenoxy) is 3. The van der Waals surface area contributed by atoms with Crippen molar-refractivity contribution >= 4 is 49.8 Å². The molecule has 0 spiro atoms. The van der Waals surface area contributed by atoms with Gasteiger partial charge in [0.2, 0.25) is 0 Å². The summed E-state index contributed by atoms with van der Waals surface area (Å²) in [5, 5.41) is 12.5. The van der Waals surface area contributed by atoms with Crippen LogP contribution in [0, 0.1) is 0 Å². The molecule has 2 N–H and O–H groups in total. The van der Waals surface area contributed by atoms with Gasteiger partial charge in [-0.05, 0) is 62.6 Å². The highest BCUT2D eigenvalue weighted by Crippen LogP contribution is 2.36. The number of amides is 2. The van der Waals surface area contributed by atoms with Crippen molar-refractivity contribution in [2.24, 2.45) is 0 Å². The van der Waals surface area contributed by atoms with Crippen LogP contribution < -0.4 is 15.4 Å². The first-order valence-electron chi connectivity index (χ1n) is 14.4. The van der Waals surface area contributed by atoms with Crippen LogP contribution in [-0.4, -0.2) is 51.4 Å². The van der Waals surface area contributed by atoms with Gasteiger partial charge in [-0.3, -0.25) is 9.59 Å². The Morgan fingerprint density at radius 3 is 2.02 bits per heavy atom. The van der Waals surface area contributed by atoms with Gasteiger partial charge in [0.15, 0.2) is 0 Å². The minimum absolute atomic E-state index is 0.120. The summed E-state index contributed by atoms with van der Waals surface area (Å²) in [6.45, 7) is 2.33. The fourth-order valence-corrected chi connectivity index (χ4v) is 5.28. The first-order chi connectivity index (χ1) is 21.2. The standard InChI is InChI=1S/C36H32N2O5/c39-35(28-7-2-1-3-8-28)37-19-20-41-21-22-42-23-24-43-32-12-5-4-11-31(32)38-36(40)30-18-16-27-14-13-25-9-6-10-26-15-17-29(30)34(27)33(25)26/h1-18H,19-24H2,(H,37,39)(H,38,40). The maximum absolute atomic E-state index is 13.5. The average molecular weight is 573 g/mol. The summed E-state index contributed by atoms with van der Waals surface area (Å²) in [7, 11) is 0. The molecule has 0 aliphatic heterocycles. The van der Waals surface area contributed by atoms with Gasteiger partial charge in [0.25, 0.3) is 11.8 Å². The zero-order valence-electron chi connectivity index (χ0n) is 23.7. The maximum Gasteiger partial charge on any atom is 0.256 e. The minimum atomic E-state index is -0.192. The number of para-hydroxylation sites is 2. The van der Waals surface area contributed by atoms with Gasteiger partial charge in [-0.1, -0.05) is 78.9 Å². The van der Waals surface area contributed by atoms with Gasteiger partial charge < -0.3 is 24.8 Å². The molecule has 0 saturated heterocycles. The van der Waals surface area contributed by atoms with Crippen LogP contribution in [0.1, 0.15) is 20.7 Å². The van der Waals surface area contributed by atoms with Crippen LogP contribution >= 0.6 is 0 Å². The molecule has 0 aliphatic carbocycles. The molecule has 6 rings (SSSR count). The van der Waals surface area contributed by atoms with Crippen molar-refractivity contribution in [2.75, 3.05) is 44.9 Å². The molecular formula is C36H32N2O5. The number of carbonyl (C=O) groups is 2. The molecule has 6 aromatic carbocycles. The van der Waals surface area contributed by atoms with Crippen LogP contribution in [-0.2, 0) is 9.47 Å². The molecule has 0 heterocycles. The molecule has 0 bridgehead atoms. The Bertz CT molecular complexity index is 1840. The van der Waals surface area contributed by atoms with Gasteiger partial charge in [0.05, 0.1) is 32.1 Å². The molecule has 7 heteroatoms. The third kappa shape index (κ3) is 6.43. The topological polar surface area (TPSA) is 85.9 Å². The van der Waals surface area contributed by atoms with E-state index in [2.05, 4.69) is 47.0 Å². The Hall–Kier alpha value is -4.98. The number of anilines is 1. The lowest BCUT2D eigenvalue weighted by atomic mass is 9.92. The second-order valence-electron chi connectivity index (χ2n) is 10.1. The quantitative estimate of drug-likeness (QED) is 0.119. The SMILES string of the molecule is O=C(NCCOCCOCCOc1ccccc1NC(=O)c1ccc2ccc3cccc4ccc1c2c34)c1ccccc1. The zero-order valence-corrected chi connectivity index (χ0v) is 23.7.